The van der Waals surface area contributed by atoms with Gasteiger partial charge in [0.25, 0.3) is 0 Å². The van der Waals surface area contributed by atoms with Crippen molar-refractivity contribution in [3.8, 4) is 0 Å². The predicted octanol–water partition coefficient (Wildman–Crippen LogP) is 3.07. The van der Waals surface area contributed by atoms with E-state index >= 15 is 0 Å². The Labute approximate surface area is 104 Å². The highest BCUT2D eigenvalue weighted by Crippen LogP contribution is 2.19. The Balaban J connectivity index is 1.84. The topological polar surface area (TPSA) is 21.3 Å². The van der Waals surface area contributed by atoms with Gasteiger partial charge >= 0.3 is 0 Å². The zero-order valence-corrected chi connectivity index (χ0v) is 10.9. The van der Waals surface area contributed by atoms with Gasteiger partial charge in [-0.15, -0.1) is 0 Å². The summed E-state index contributed by atoms with van der Waals surface area (Å²) < 4.78 is 5.38. The minimum atomic E-state index is 0.444. The number of benzene rings is 1. The van der Waals surface area contributed by atoms with E-state index in [1.165, 1.54) is 24.0 Å². The summed E-state index contributed by atoms with van der Waals surface area (Å²) in [6.07, 6.45) is 2.40. The predicted molar refractivity (Wildman–Crippen MR) is 71.1 cm³/mol. The molecule has 0 aromatic heterocycles. The lowest BCUT2D eigenvalue weighted by atomic mass is 9.98. The average Bonchev–Trinajstić information content (AvgIpc) is 2.38. The zero-order chi connectivity index (χ0) is 12.1. The molecule has 0 aliphatic carbocycles. The second-order valence-electron chi connectivity index (χ2n) is 5.04. The fraction of sp³-hybridized carbons (Fsp3) is 0.600. The summed E-state index contributed by atoms with van der Waals surface area (Å²) in [4.78, 5) is 0. The molecule has 0 spiro atoms. The van der Waals surface area contributed by atoms with Crippen LogP contribution in [0.4, 0.5) is 0 Å². The van der Waals surface area contributed by atoms with Crippen molar-refractivity contribution < 1.29 is 4.74 Å². The van der Waals surface area contributed by atoms with E-state index in [2.05, 4.69) is 43.4 Å². The zero-order valence-electron chi connectivity index (χ0n) is 10.9. The fourth-order valence-corrected chi connectivity index (χ4v) is 2.48. The van der Waals surface area contributed by atoms with Gasteiger partial charge in [-0.1, -0.05) is 24.3 Å². The first-order chi connectivity index (χ1) is 8.27. The molecule has 1 unspecified atom stereocenters. The maximum Gasteiger partial charge on any atom is 0.0469 e. The third-order valence-corrected chi connectivity index (χ3v) is 3.71. The molecular formula is C15H23NO. The van der Waals surface area contributed by atoms with Crippen molar-refractivity contribution in [2.45, 2.75) is 32.7 Å². The number of aryl methyl sites for hydroxylation is 1. The van der Waals surface area contributed by atoms with Crippen LogP contribution in [0, 0.1) is 12.8 Å². The highest BCUT2D eigenvalue weighted by molar-refractivity contribution is 5.28. The minimum absolute atomic E-state index is 0.444. The van der Waals surface area contributed by atoms with Crippen molar-refractivity contribution in [1.82, 2.24) is 5.32 Å². The van der Waals surface area contributed by atoms with Crippen LogP contribution in [0.15, 0.2) is 24.3 Å². The first kappa shape index (κ1) is 12.6. The van der Waals surface area contributed by atoms with Gasteiger partial charge in [0.2, 0.25) is 0 Å². The molecule has 2 heteroatoms. The van der Waals surface area contributed by atoms with Crippen LogP contribution in [-0.4, -0.2) is 19.8 Å². The van der Waals surface area contributed by atoms with E-state index < -0.39 is 0 Å². The molecule has 1 saturated heterocycles. The third-order valence-electron chi connectivity index (χ3n) is 3.71. The SMILES string of the molecule is Cc1ccccc1C(C)NCC1CCOCC1. The Kier molecular flexibility index (Phi) is 4.57. The maximum atomic E-state index is 5.38. The Bertz CT molecular complexity index is 345. The molecule has 0 bridgehead atoms. The Hall–Kier alpha value is -0.860. The van der Waals surface area contributed by atoms with Crippen LogP contribution in [0.2, 0.25) is 0 Å². The van der Waals surface area contributed by atoms with Gasteiger partial charge in [0, 0.05) is 19.3 Å². The monoisotopic (exact) mass is 233 g/mol. The second-order valence-corrected chi connectivity index (χ2v) is 5.04. The van der Waals surface area contributed by atoms with E-state index in [0.29, 0.717) is 6.04 Å². The van der Waals surface area contributed by atoms with E-state index in [1.54, 1.807) is 0 Å². The van der Waals surface area contributed by atoms with Crippen molar-refractivity contribution in [2.75, 3.05) is 19.8 Å². The smallest absolute Gasteiger partial charge is 0.0469 e. The van der Waals surface area contributed by atoms with Crippen molar-refractivity contribution in [1.29, 1.82) is 0 Å². The molecule has 0 amide bonds. The van der Waals surface area contributed by atoms with Gasteiger partial charge in [0.15, 0.2) is 0 Å². The Morgan fingerprint density at radius 1 is 1.29 bits per heavy atom. The molecular weight excluding hydrogens is 210 g/mol. The van der Waals surface area contributed by atoms with Crippen molar-refractivity contribution in [2.24, 2.45) is 5.92 Å². The first-order valence-corrected chi connectivity index (χ1v) is 6.64. The number of ether oxygens (including phenoxy) is 1. The van der Waals surface area contributed by atoms with Gasteiger partial charge < -0.3 is 10.1 Å². The second kappa shape index (κ2) is 6.18. The lowest BCUT2D eigenvalue weighted by Gasteiger charge is -2.25. The summed E-state index contributed by atoms with van der Waals surface area (Å²) in [5.41, 5.74) is 2.79. The quantitative estimate of drug-likeness (QED) is 0.863. The molecule has 1 fully saturated rings. The molecule has 1 aliphatic rings. The fourth-order valence-electron chi connectivity index (χ4n) is 2.48. The summed E-state index contributed by atoms with van der Waals surface area (Å²) in [6.45, 7) is 7.42. The molecule has 1 aliphatic heterocycles. The summed E-state index contributed by atoms with van der Waals surface area (Å²) >= 11 is 0. The van der Waals surface area contributed by atoms with Crippen LogP contribution in [0.1, 0.15) is 36.9 Å². The summed E-state index contributed by atoms with van der Waals surface area (Å²) in [5.74, 6) is 0.787. The van der Waals surface area contributed by atoms with Crippen LogP contribution in [-0.2, 0) is 4.74 Å². The van der Waals surface area contributed by atoms with Gasteiger partial charge in [-0.2, -0.15) is 0 Å². The number of nitrogens with one attached hydrogen (secondary N) is 1. The Morgan fingerprint density at radius 3 is 2.71 bits per heavy atom. The standard InChI is InChI=1S/C15H23NO/c1-12-5-3-4-6-15(12)13(2)16-11-14-7-9-17-10-8-14/h3-6,13-14,16H,7-11H2,1-2H3. The molecule has 2 rings (SSSR count). The normalized spacial score (nSPS) is 19.2. The molecule has 1 atom stereocenters. The Morgan fingerprint density at radius 2 is 2.00 bits per heavy atom. The largest absolute Gasteiger partial charge is 0.381 e. The first-order valence-electron chi connectivity index (χ1n) is 6.64. The minimum Gasteiger partial charge on any atom is -0.381 e. The summed E-state index contributed by atoms with van der Waals surface area (Å²) in [5, 5.41) is 3.65. The van der Waals surface area contributed by atoms with Crippen LogP contribution in [0.25, 0.3) is 0 Å². The highest BCUT2D eigenvalue weighted by Gasteiger charge is 2.15. The van der Waals surface area contributed by atoms with Crippen molar-refractivity contribution >= 4 is 0 Å². The molecule has 1 aromatic carbocycles. The van der Waals surface area contributed by atoms with Crippen LogP contribution >= 0.6 is 0 Å². The lowest BCUT2D eigenvalue weighted by Crippen LogP contribution is -2.29. The van der Waals surface area contributed by atoms with Crippen LogP contribution in [0.5, 0.6) is 0 Å². The number of rotatable bonds is 4. The highest BCUT2D eigenvalue weighted by atomic mass is 16.5. The van der Waals surface area contributed by atoms with E-state index in [1.807, 2.05) is 0 Å². The number of hydrogen-bond acceptors (Lipinski definition) is 2. The van der Waals surface area contributed by atoms with Gasteiger partial charge in [-0.3, -0.25) is 0 Å². The maximum absolute atomic E-state index is 5.38. The number of hydrogen-bond donors (Lipinski definition) is 1. The molecule has 1 aromatic rings. The van der Waals surface area contributed by atoms with Gasteiger partial charge in [0.1, 0.15) is 0 Å². The molecule has 17 heavy (non-hydrogen) atoms. The third kappa shape index (κ3) is 3.55. The van der Waals surface area contributed by atoms with Gasteiger partial charge in [-0.25, -0.2) is 0 Å². The van der Waals surface area contributed by atoms with E-state index in [4.69, 9.17) is 4.74 Å². The van der Waals surface area contributed by atoms with Gasteiger partial charge in [-0.05, 0) is 50.3 Å². The van der Waals surface area contributed by atoms with Gasteiger partial charge in [0.05, 0.1) is 0 Å². The van der Waals surface area contributed by atoms with Crippen LogP contribution < -0.4 is 5.32 Å². The average molecular weight is 233 g/mol. The summed E-state index contributed by atoms with van der Waals surface area (Å²) in [7, 11) is 0. The lowest BCUT2D eigenvalue weighted by molar-refractivity contribution is 0.0656. The molecule has 0 saturated carbocycles. The molecule has 94 valence electrons. The molecule has 2 nitrogen and oxygen atoms in total. The molecule has 1 heterocycles. The van der Waals surface area contributed by atoms with E-state index in [0.717, 1.165) is 25.7 Å². The van der Waals surface area contributed by atoms with Crippen molar-refractivity contribution in [3.63, 3.8) is 0 Å². The molecule has 0 radical (unpaired) electrons. The van der Waals surface area contributed by atoms with E-state index in [9.17, 15) is 0 Å². The molecule has 1 N–H and O–H groups in total. The van der Waals surface area contributed by atoms with Crippen LogP contribution in [0.3, 0.4) is 0 Å². The summed E-state index contributed by atoms with van der Waals surface area (Å²) in [6, 6.07) is 9.07. The van der Waals surface area contributed by atoms with Crippen molar-refractivity contribution in [3.05, 3.63) is 35.4 Å². The van der Waals surface area contributed by atoms with E-state index in [-0.39, 0.29) is 0 Å².